The second kappa shape index (κ2) is 3.42. The predicted octanol–water partition coefficient (Wildman–Crippen LogP) is 2.71. The third kappa shape index (κ3) is 1.45. The Morgan fingerprint density at radius 1 is 1.17 bits per heavy atom. The highest BCUT2D eigenvalue weighted by Gasteiger charge is 2.23. The fourth-order valence-electron chi connectivity index (χ4n) is 2.59. The van der Waals surface area contributed by atoms with Gasteiger partial charge in [-0.25, -0.2) is 0 Å². The average Bonchev–Trinajstić information content (AvgIpc) is 2.33. The number of aldehydes is 1. The molecule has 0 unspecified atom stereocenters. The summed E-state index contributed by atoms with van der Waals surface area (Å²) >= 11 is 0. The summed E-state index contributed by atoms with van der Waals surface area (Å²) in [5, 5.41) is 0. The first kappa shape index (κ1) is 8.03. The first-order valence-electron chi connectivity index (χ1n) is 5.07. The minimum absolute atomic E-state index is 0.606. The van der Waals surface area contributed by atoms with Gasteiger partial charge in [-0.3, -0.25) is 4.79 Å². The highest BCUT2D eigenvalue weighted by Crippen LogP contribution is 2.35. The summed E-state index contributed by atoms with van der Waals surface area (Å²) < 4.78 is 0. The van der Waals surface area contributed by atoms with Crippen LogP contribution in [0, 0.1) is 11.8 Å². The maximum absolute atomic E-state index is 10.8. The van der Waals surface area contributed by atoms with E-state index in [1.807, 2.05) is 0 Å². The maximum Gasteiger partial charge on any atom is 0.145 e. The Morgan fingerprint density at radius 2 is 1.83 bits per heavy atom. The van der Waals surface area contributed by atoms with Crippen LogP contribution in [0.4, 0.5) is 0 Å². The van der Waals surface area contributed by atoms with E-state index in [2.05, 4.69) is 6.08 Å². The molecule has 0 atom stereocenters. The van der Waals surface area contributed by atoms with Crippen LogP contribution in [0.25, 0.3) is 0 Å². The van der Waals surface area contributed by atoms with Gasteiger partial charge in [-0.15, -0.1) is 0 Å². The number of rotatable bonds is 1. The van der Waals surface area contributed by atoms with Gasteiger partial charge in [0.25, 0.3) is 0 Å². The summed E-state index contributed by atoms with van der Waals surface area (Å²) in [6.07, 6.45) is 11.1. The molecule has 1 nitrogen and oxygen atoms in total. The van der Waals surface area contributed by atoms with Gasteiger partial charge in [0, 0.05) is 0 Å². The summed E-state index contributed by atoms with van der Waals surface area (Å²) in [6.45, 7) is 0. The van der Waals surface area contributed by atoms with Crippen molar-refractivity contribution < 1.29 is 4.79 Å². The van der Waals surface area contributed by atoms with Crippen LogP contribution in [0.15, 0.2) is 11.6 Å². The lowest BCUT2D eigenvalue weighted by Gasteiger charge is -2.15. The number of hydrogen-bond donors (Lipinski definition) is 0. The Hall–Kier alpha value is -0.590. The highest BCUT2D eigenvalue weighted by atomic mass is 16.1. The van der Waals surface area contributed by atoms with Gasteiger partial charge in [0.15, 0.2) is 0 Å². The second-order valence-corrected chi connectivity index (χ2v) is 4.10. The monoisotopic (exact) mass is 164 g/mol. The van der Waals surface area contributed by atoms with Crippen LogP contribution in [-0.2, 0) is 4.79 Å². The molecule has 1 heteroatoms. The molecule has 0 spiro atoms. The van der Waals surface area contributed by atoms with Gasteiger partial charge in [0.2, 0.25) is 0 Å². The van der Waals surface area contributed by atoms with Crippen LogP contribution in [-0.4, -0.2) is 6.29 Å². The molecule has 0 heterocycles. The van der Waals surface area contributed by atoms with Crippen LogP contribution in [0.5, 0.6) is 0 Å². The van der Waals surface area contributed by atoms with E-state index >= 15 is 0 Å². The normalized spacial score (nSPS) is 35.2. The molecule has 66 valence electrons. The Kier molecular flexibility index (Phi) is 2.29. The molecule has 2 aliphatic carbocycles. The van der Waals surface area contributed by atoms with E-state index in [4.69, 9.17) is 0 Å². The number of carbonyl (C=O) groups is 1. The largest absolute Gasteiger partial charge is 0.298 e. The van der Waals surface area contributed by atoms with E-state index in [9.17, 15) is 4.79 Å². The van der Waals surface area contributed by atoms with Gasteiger partial charge in [-0.05, 0) is 43.1 Å². The molecule has 0 aromatic heterocycles. The lowest BCUT2D eigenvalue weighted by Crippen LogP contribution is -2.04. The Balaban J connectivity index is 2.23. The van der Waals surface area contributed by atoms with E-state index in [1.165, 1.54) is 38.5 Å². The van der Waals surface area contributed by atoms with Gasteiger partial charge in [0.05, 0.1) is 0 Å². The summed E-state index contributed by atoms with van der Waals surface area (Å²) in [7, 11) is 0. The molecule has 0 saturated heterocycles. The number of hydrogen-bond acceptors (Lipinski definition) is 1. The predicted molar refractivity (Wildman–Crippen MR) is 48.8 cm³/mol. The standard InChI is InChI=1S/C11H16O/c12-8-11-7-9-3-1-5-10(11)6-2-4-9/h7-10H,1-6H2. The molecular formula is C11H16O. The molecule has 0 aromatic rings. The molecule has 2 aliphatic rings. The van der Waals surface area contributed by atoms with Gasteiger partial charge < -0.3 is 0 Å². The molecule has 0 fully saturated rings. The maximum atomic E-state index is 10.8. The second-order valence-electron chi connectivity index (χ2n) is 4.10. The van der Waals surface area contributed by atoms with Crippen molar-refractivity contribution in [3.63, 3.8) is 0 Å². The summed E-state index contributed by atoms with van der Waals surface area (Å²) in [5.74, 6) is 1.33. The van der Waals surface area contributed by atoms with Gasteiger partial charge in [-0.1, -0.05) is 18.9 Å². The Labute approximate surface area is 73.8 Å². The van der Waals surface area contributed by atoms with Crippen LogP contribution in [0.3, 0.4) is 0 Å². The molecule has 0 N–H and O–H groups in total. The molecule has 0 aromatic carbocycles. The van der Waals surface area contributed by atoms with Gasteiger partial charge >= 0.3 is 0 Å². The number of fused-ring (bicyclic) bond motifs is 2. The number of carbonyl (C=O) groups excluding carboxylic acids is 1. The van der Waals surface area contributed by atoms with Crippen LogP contribution in [0.2, 0.25) is 0 Å². The first-order chi connectivity index (χ1) is 5.90. The minimum atomic E-state index is 0.606. The fraction of sp³-hybridized carbons (Fsp3) is 0.727. The average molecular weight is 164 g/mol. The molecule has 2 bridgehead atoms. The smallest absolute Gasteiger partial charge is 0.145 e. The molecule has 0 amide bonds. The summed E-state index contributed by atoms with van der Waals surface area (Å²) in [5.41, 5.74) is 1.11. The zero-order valence-electron chi connectivity index (χ0n) is 7.46. The SMILES string of the molecule is O=CC1=CC2CCCC1CCC2. The van der Waals surface area contributed by atoms with Crippen molar-refractivity contribution in [1.29, 1.82) is 0 Å². The van der Waals surface area contributed by atoms with Crippen molar-refractivity contribution in [3.8, 4) is 0 Å². The lowest BCUT2D eigenvalue weighted by molar-refractivity contribution is -0.105. The van der Waals surface area contributed by atoms with Crippen molar-refractivity contribution in [2.45, 2.75) is 38.5 Å². The molecule has 0 radical (unpaired) electrons. The van der Waals surface area contributed by atoms with Crippen molar-refractivity contribution in [1.82, 2.24) is 0 Å². The molecule has 0 aliphatic heterocycles. The van der Waals surface area contributed by atoms with E-state index in [1.54, 1.807) is 0 Å². The van der Waals surface area contributed by atoms with Crippen LogP contribution < -0.4 is 0 Å². The fourth-order valence-corrected chi connectivity index (χ4v) is 2.59. The van der Waals surface area contributed by atoms with Crippen molar-refractivity contribution in [3.05, 3.63) is 11.6 Å². The van der Waals surface area contributed by atoms with Crippen molar-refractivity contribution in [2.75, 3.05) is 0 Å². The van der Waals surface area contributed by atoms with Crippen molar-refractivity contribution >= 4 is 6.29 Å². The third-order valence-electron chi connectivity index (χ3n) is 3.29. The zero-order valence-corrected chi connectivity index (χ0v) is 7.46. The lowest BCUT2D eigenvalue weighted by atomic mass is 9.89. The minimum Gasteiger partial charge on any atom is -0.298 e. The molecular weight excluding hydrogens is 148 g/mol. The van der Waals surface area contributed by atoms with Crippen LogP contribution in [0.1, 0.15) is 38.5 Å². The topological polar surface area (TPSA) is 17.1 Å². The summed E-state index contributed by atoms with van der Waals surface area (Å²) in [4.78, 5) is 10.8. The third-order valence-corrected chi connectivity index (χ3v) is 3.29. The van der Waals surface area contributed by atoms with E-state index in [-0.39, 0.29) is 0 Å². The van der Waals surface area contributed by atoms with E-state index in [0.717, 1.165) is 17.8 Å². The molecule has 0 saturated carbocycles. The summed E-state index contributed by atoms with van der Waals surface area (Å²) in [6, 6.07) is 0. The zero-order chi connectivity index (χ0) is 8.39. The van der Waals surface area contributed by atoms with Gasteiger partial charge in [-0.2, -0.15) is 0 Å². The van der Waals surface area contributed by atoms with E-state index < -0.39 is 0 Å². The number of allylic oxidation sites excluding steroid dienone is 2. The molecule has 12 heavy (non-hydrogen) atoms. The van der Waals surface area contributed by atoms with Crippen LogP contribution >= 0.6 is 0 Å². The van der Waals surface area contributed by atoms with Gasteiger partial charge in [0.1, 0.15) is 6.29 Å². The Bertz CT molecular complexity index is 195. The highest BCUT2D eigenvalue weighted by molar-refractivity contribution is 5.74. The Morgan fingerprint density at radius 3 is 2.42 bits per heavy atom. The van der Waals surface area contributed by atoms with Crippen molar-refractivity contribution in [2.24, 2.45) is 11.8 Å². The van der Waals surface area contributed by atoms with E-state index in [0.29, 0.717) is 5.92 Å². The quantitative estimate of drug-likeness (QED) is 0.544. The molecule has 2 rings (SSSR count). The first-order valence-corrected chi connectivity index (χ1v) is 5.07.